The van der Waals surface area contributed by atoms with Crippen LogP contribution < -0.4 is 16.0 Å². The monoisotopic (exact) mass is 414 g/mol. The summed E-state index contributed by atoms with van der Waals surface area (Å²) in [4.78, 5) is 36.4. The summed E-state index contributed by atoms with van der Waals surface area (Å²) in [6.45, 7) is 12.7. The van der Waals surface area contributed by atoms with Crippen LogP contribution in [0.4, 0.5) is 23.3 Å². The number of hydrogen-bond donors (Lipinski definition) is 3. The van der Waals surface area contributed by atoms with Crippen LogP contribution in [0.25, 0.3) is 0 Å². The topological polar surface area (TPSA) is 118 Å². The lowest BCUT2D eigenvalue weighted by atomic mass is 9.86. The molecule has 0 aliphatic carbocycles. The van der Waals surface area contributed by atoms with Gasteiger partial charge in [0.05, 0.1) is 0 Å². The highest BCUT2D eigenvalue weighted by Gasteiger charge is 2.35. The van der Waals surface area contributed by atoms with Gasteiger partial charge in [0.1, 0.15) is 18.0 Å². The summed E-state index contributed by atoms with van der Waals surface area (Å²) in [7, 11) is 0. The summed E-state index contributed by atoms with van der Waals surface area (Å²) in [5.41, 5.74) is 0.400. The molecule has 1 atom stereocenters. The minimum atomic E-state index is -0.649. The molecule has 0 saturated heterocycles. The van der Waals surface area contributed by atoms with Crippen LogP contribution in [0.5, 0.6) is 0 Å². The first-order valence-corrected chi connectivity index (χ1v) is 9.66. The number of hydrogen-bond acceptors (Lipinski definition) is 8. The molecular formula is C21H30N6O3. The lowest BCUT2D eigenvalue weighted by molar-refractivity contribution is -0.158. The predicted molar refractivity (Wildman–Crippen MR) is 117 cm³/mol. The van der Waals surface area contributed by atoms with E-state index in [1.165, 1.54) is 13.3 Å². The molecule has 9 heteroatoms. The average molecular weight is 415 g/mol. The van der Waals surface area contributed by atoms with Crippen LogP contribution in [-0.4, -0.2) is 38.5 Å². The SMILES string of the molecule is CC(=O)Nc1ccc(Nc2ncnc(N[C@H](C(=O)OC(C)(C)C)C(C)(C)C)n2)cc1. The number of anilines is 4. The molecule has 1 aromatic carbocycles. The van der Waals surface area contributed by atoms with E-state index in [1.54, 1.807) is 24.3 Å². The summed E-state index contributed by atoms with van der Waals surface area (Å²) >= 11 is 0. The number of amides is 1. The number of carbonyl (C=O) groups is 2. The van der Waals surface area contributed by atoms with Gasteiger partial charge in [-0.3, -0.25) is 4.79 Å². The zero-order valence-electron chi connectivity index (χ0n) is 18.5. The summed E-state index contributed by atoms with van der Waals surface area (Å²) in [5, 5.41) is 8.85. The van der Waals surface area contributed by atoms with Gasteiger partial charge < -0.3 is 20.7 Å². The number of ether oxygens (including phenoxy) is 1. The molecule has 2 rings (SSSR count). The van der Waals surface area contributed by atoms with Gasteiger partial charge in [-0.25, -0.2) is 14.8 Å². The van der Waals surface area contributed by atoms with Crippen molar-refractivity contribution in [1.82, 2.24) is 15.0 Å². The fourth-order valence-corrected chi connectivity index (χ4v) is 2.51. The Morgan fingerprint density at radius 3 is 2.03 bits per heavy atom. The number of rotatable bonds is 6. The minimum Gasteiger partial charge on any atom is -0.458 e. The molecule has 0 aliphatic heterocycles. The molecule has 0 spiro atoms. The van der Waals surface area contributed by atoms with Crippen molar-refractivity contribution in [2.75, 3.05) is 16.0 Å². The van der Waals surface area contributed by atoms with E-state index in [1.807, 2.05) is 41.5 Å². The molecule has 1 amide bonds. The molecule has 1 aromatic heterocycles. The lowest BCUT2D eigenvalue weighted by Crippen LogP contribution is -2.45. The summed E-state index contributed by atoms with van der Waals surface area (Å²) < 4.78 is 5.54. The molecule has 3 N–H and O–H groups in total. The van der Waals surface area contributed by atoms with Crippen molar-refractivity contribution in [3.63, 3.8) is 0 Å². The molecule has 9 nitrogen and oxygen atoms in total. The molecule has 162 valence electrons. The fourth-order valence-electron chi connectivity index (χ4n) is 2.51. The molecule has 1 heterocycles. The van der Waals surface area contributed by atoms with Crippen molar-refractivity contribution < 1.29 is 14.3 Å². The van der Waals surface area contributed by atoms with Gasteiger partial charge in [0.15, 0.2) is 0 Å². The highest BCUT2D eigenvalue weighted by atomic mass is 16.6. The van der Waals surface area contributed by atoms with E-state index in [0.717, 1.165) is 5.69 Å². The van der Waals surface area contributed by atoms with Crippen molar-refractivity contribution in [2.24, 2.45) is 5.41 Å². The average Bonchev–Trinajstić information content (AvgIpc) is 2.59. The Hall–Kier alpha value is -3.23. The van der Waals surface area contributed by atoms with Gasteiger partial charge >= 0.3 is 5.97 Å². The highest BCUT2D eigenvalue weighted by Crippen LogP contribution is 2.25. The standard InChI is InChI=1S/C21H30N6O3/c1-13(28)24-14-8-10-15(11-9-14)25-18-22-12-23-19(27-18)26-16(20(2,3)4)17(29)30-21(5,6)7/h8-12,16H,1-7H3,(H,24,28)(H2,22,23,25,26,27)/t16-/m1/s1. The van der Waals surface area contributed by atoms with E-state index in [2.05, 4.69) is 30.9 Å². The third-order valence-electron chi connectivity index (χ3n) is 3.82. The van der Waals surface area contributed by atoms with E-state index >= 15 is 0 Å². The first-order chi connectivity index (χ1) is 13.8. The number of nitrogens with zero attached hydrogens (tertiary/aromatic N) is 3. The molecule has 0 radical (unpaired) electrons. The van der Waals surface area contributed by atoms with E-state index in [0.29, 0.717) is 11.6 Å². The maximum atomic E-state index is 12.7. The number of carbonyl (C=O) groups excluding carboxylic acids is 2. The van der Waals surface area contributed by atoms with Crippen LogP contribution in [0.2, 0.25) is 0 Å². The van der Waals surface area contributed by atoms with Gasteiger partial charge in [-0.2, -0.15) is 4.98 Å². The molecule has 0 aliphatic rings. The van der Waals surface area contributed by atoms with Crippen LogP contribution in [0, 0.1) is 5.41 Å². The summed E-state index contributed by atoms with van der Waals surface area (Å²) in [6, 6.07) is 6.47. The first kappa shape index (κ1) is 23.1. The Balaban J connectivity index is 2.14. The van der Waals surface area contributed by atoms with Crippen LogP contribution in [0.3, 0.4) is 0 Å². The van der Waals surface area contributed by atoms with Gasteiger partial charge in [-0.1, -0.05) is 20.8 Å². The van der Waals surface area contributed by atoms with Crippen molar-refractivity contribution in [2.45, 2.75) is 60.1 Å². The van der Waals surface area contributed by atoms with E-state index in [-0.39, 0.29) is 17.8 Å². The Morgan fingerprint density at radius 2 is 1.50 bits per heavy atom. The third-order valence-corrected chi connectivity index (χ3v) is 3.82. The quantitative estimate of drug-likeness (QED) is 0.612. The summed E-state index contributed by atoms with van der Waals surface area (Å²) in [6.07, 6.45) is 1.36. The summed E-state index contributed by atoms with van der Waals surface area (Å²) in [5.74, 6) is 0.0607. The Labute approximate surface area is 177 Å². The normalized spacial score (nSPS) is 12.6. The fraction of sp³-hybridized carbons (Fsp3) is 0.476. The Bertz CT molecular complexity index is 885. The number of esters is 1. The molecule has 0 saturated carbocycles. The molecular weight excluding hydrogens is 384 g/mol. The third kappa shape index (κ3) is 7.31. The van der Waals surface area contributed by atoms with E-state index in [4.69, 9.17) is 4.74 Å². The zero-order chi connectivity index (χ0) is 22.5. The van der Waals surface area contributed by atoms with E-state index < -0.39 is 17.1 Å². The second kappa shape index (κ2) is 9.06. The van der Waals surface area contributed by atoms with Crippen LogP contribution in [0.15, 0.2) is 30.6 Å². The van der Waals surface area contributed by atoms with Gasteiger partial charge in [-0.05, 0) is 50.5 Å². The van der Waals surface area contributed by atoms with Crippen LogP contribution in [-0.2, 0) is 14.3 Å². The molecule has 0 bridgehead atoms. The van der Waals surface area contributed by atoms with Crippen molar-refractivity contribution in [3.05, 3.63) is 30.6 Å². The van der Waals surface area contributed by atoms with E-state index in [9.17, 15) is 9.59 Å². The smallest absolute Gasteiger partial charge is 0.329 e. The molecule has 2 aromatic rings. The van der Waals surface area contributed by atoms with Gasteiger partial charge in [0, 0.05) is 18.3 Å². The largest absolute Gasteiger partial charge is 0.458 e. The predicted octanol–water partition coefficient (Wildman–Crippen LogP) is 3.74. The zero-order valence-corrected chi connectivity index (χ0v) is 18.5. The van der Waals surface area contributed by atoms with Gasteiger partial charge in [-0.15, -0.1) is 0 Å². The van der Waals surface area contributed by atoms with Crippen LogP contribution >= 0.6 is 0 Å². The first-order valence-electron chi connectivity index (χ1n) is 9.66. The second-order valence-electron chi connectivity index (χ2n) is 8.99. The van der Waals surface area contributed by atoms with Crippen molar-refractivity contribution in [1.29, 1.82) is 0 Å². The molecule has 0 unspecified atom stereocenters. The van der Waals surface area contributed by atoms with Crippen LogP contribution in [0.1, 0.15) is 48.5 Å². The van der Waals surface area contributed by atoms with Crippen molar-refractivity contribution >= 4 is 35.1 Å². The number of nitrogens with one attached hydrogen (secondary N) is 3. The number of aromatic nitrogens is 3. The molecule has 0 fully saturated rings. The van der Waals surface area contributed by atoms with Crippen molar-refractivity contribution in [3.8, 4) is 0 Å². The number of benzene rings is 1. The van der Waals surface area contributed by atoms with Gasteiger partial charge in [0.2, 0.25) is 17.8 Å². The maximum absolute atomic E-state index is 12.7. The molecule has 30 heavy (non-hydrogen) atoms. The Morgan fingerprint density at radius 1 is 0.933 bits per heavy atom. The Kier molecular flexibility index (Phi) is 6.96. The second-order valence-corrected chi connectivity index (χ2v) is 8.99. The lowest BCUT2D eigenvalue weighted by Gasteiger charge is -2.32. The highest BCUT2D eigenvalue weighted by molar-refractivity contribution is 5.88. The maximum Gasteiger partial charge on any atom is 0.329 e. The van der Waals surface area contributed by atoms with Gasteiger partial charge in [0.25, 0.3) is 0 Å². The minimum absolute atomic E-state index is 0.137.